The first kappa shape index (κ1) is 15.5. The summed E-state index contributed by atoms with van der Waals surface area (Å²) in [5.41, 5.74) is 3.22. The van der Waals surface area contributed by atoms with E-state index in [0.717, 1.165) is 23.9 Å². The molecule has 0 aliphatic carbocycles. The molecule has 0 bridgehead atoms. The highest BCUT2D eigenvalue weighted by molar-refractivity contribution is 5.96. The van der Waals surface area contributed by atoms with Gasteiger partial charge < -0.3 is 4.57 Å². The maximum Gasteiger partial charge on any atom is 0.198 e. The minimum Gasteiger partial charge on any atom is -0.325 e. The molecule has 1 heterocycles. The van der Waals surface area contributed by atoms with Crippen LogP contribution in [-0.4, -0.2) is 15.3 Å². The average Bonchev–Trinajstić information content (AvgIpc) is 2.91. The van der Waals surface area contributed by atoms with Crippen LogP contribution in [0.25, 0.3) is 11.0 Å². The van der Waals surface area contributed by atoms with Crippen LogP contribution in [0.2, 0.25) is 0 Å². The number of fused-ring (bicyclic) bond motifs is 1. The number of Topliss-reactive ketones (excluding diaryl/α,β-unsaturated/α-hetero) is 1. The summed E-state index contributed by atoms with van der Waals surface area (Å²) in [4.78, 5) is 17.1. The predicted octanol–water partition coefficient (Wildman–Crippen LogP) is 4.42. The minimum atomic E-state index is 0.129. The van der Waals surface area contributed by atoms with Gasteiger partial charge in [-0.3, -0.25) is 4.79 Å². The Bertz CT molecular complexity index is 805. The highest BCUT2D eigenvalue weighted by Gasteiger charge is 2.17. The Labute approximate surface area is 137 Å². The number of imidazole rings is 1. The van der Waals surface area contributed by atoms with Crippen molar-refractivity contribution in [2.24, 2.45) is 13.0 Å². The SMILES string of the molecule is C[C@H](CCc1ccccc1)CC(=O)c1nc2ccccc2n1C. The van der Waals surface area contributed by atoms with Crippen LogP contribution in [0.4, 0.5) is 0 Å². The Hall–Kier alpha value is -2.42. The summed E-state index contributed by atoms with van der Waals surface area (Å²) >= 11 is 0. The molecule has 0 unspecified atom stereocenters. The molecule has 0 aliphatic heterocycles. The fourth-order valence-corrected chi connectivity index (χ4v) is 2.96. The third-order valence-corrected chi connectivity index (χ3v) is 4.34. The molecule has 2 aromatic carbocycles. The fraction of sp³-hybridized carbons (Fsp3) is 0.300. The van der Waals surface area contributed by atoms with E-state index < -0.39 is 0 Å². The average molecular weight is 306 g/mol. The zero-order valence-electron chi connectivity index (χ0n) is 13.7. The summed E-state index contributed by atoms with van der Waals surface area (Å²) in [6.07, 6.45) is 2.57. The van der Waals surface area contributed by atoms with Crippen LogP contribution in [0.1, 0.15) is 35.9 Å². The normalized spacial score (nSPS) is 12.4. The third-order valence-electron chi connectivity index (χ3n) is 4.34. The fourth-order valence-electron chi connectivity index (χ4n) is 2.96. The Morgan fingerprint density at radius 1 is 1.09 bits per heavy atom. The predicted molar refractivity (Wildman–Crippen MR) is 93.6 cm³/mol. The zero-order chi connectivity index (χ0) is 16.2. The van der Waals surface area contributed by atoms with Crippen molar-refractivity contribution in [2.75, 3.05) is 0 Å². The van der Waals surface area contributed by atoms with E-state index in [9.17, 15) is 4.79 Å². The number of rotatable bonds is 6. The molecular weight excluding hydrogens is 284 g/mol. The van der Waals surface area contributed by atoms with Crippen LogP contribution in [0.5, 0.6) is 0 Å². The van der Waals surface area contributed by atoms with E-state index in [1.54, 1.807) is 0 Å². The molecule has 0 fully saturated rings. The lowest BCUT2D eigenvalue weighted by Crippen LogP contribution is -2.12. The van der Waals surface area contributed by atoms with Crippen molar-refractivity contribution in [1.29, 1.82) is 0 Å². The lowest BCUT2D eigenvalue weighted by Gasteiger charge is -2.10. The van der Waals surface area contributed by atoms with Crippen LogP contribution in [0.15, 0.2) is 54.6 Å². The van der Waals surface area contributed by atoms with Crippen LogP contribution in [0.3, 0.4) is 0 Å². The molecule has 3 aromatic rings. The molecule has 0 saturated carbocycles. The van der Waals surface area contributed by atoms with Crippen LogP contribution in [0, 0.1) is 5.92 Å². The topological polar surface area (TPSA) is 34.9 Å². The van der Waals surface area contributed by atoms with Gasteiger partial charge in [-0.1, -0.05) is 49.4 Å². The molecule has 0 amide bonds. The van der Waals surface area contributed by atoms with Crippen molar-refractivity contribution in [3.8, 4) is 0 Å². The van der Waals surface area contributed by atoms with Gasteiger partial charge in [0.15, 0.2) is 11.6 Å². The number of aryl methyl sites for hydroxylation is 2. The molecule has 1 aromatic heterocycles. The van der Waals surface area contributed by atoms with Crippen molar-refractivity contribution >= 4 is 16.8 Å². The molecule has 0 aliphatic rings. The highest BCUT2D eigenvalue weighted by Crippen LogP contribution is 2.19. The first-order chi connectivity index (χ1) is 11.1. The lowest BCUT2D eigenvalue weighted by atomic mass is 9.96. The number of para-hydroxylation sites is 2. The number of hydrogen-bond donors (Lipinski definition) is 0. The van der Waals surface area contributed by atoms with Crippen molar-refractivity contribution < 1.29 is 4.79 Å². The number of carbonyl (C=O) groups is 1. The van der Waals surface area contributed by atoms with Gasteiger partial charge in [0.1, 0.15) is 0 Å². The van der Waals surface area contributed by atoms with Crippen LogP contribution >= 0.6 is 0 Å². The third kappa shape index (κ3) is 3.50. The van der Waals surface area contributed by atoms with E-state index in [1.807, 2.05) is 41.9 Å². The van der Waals surface area contributed by atoms with E-state index in [0.29, 0.717) is 18.2 Å². The first-order valence-corrected chi connectivity index (χ1v) is 8.13. The monoisotopic (exact) mass is 306 g/mol. The van der Waals surface area contributed by atoms with Gasteiger partial charge in [0, 0.05) is 13.5 Å². The van der Waals surface area contributed by atoms with E-state index in [1.165, 1.54) is 5.56 Å². The molecule has 0 spiro atoms. The second-order valence-electron chi connectivity index (χ2n) is 6.24. The Kier molecular flexibility index (Phi) is 4.56. The summed E-state index contributed by atoms with van der Waals surface area (Å²) in [5, 5.41) is 0. The standard InChI is InChI=1S/C20H22N2O/c1-15(12-13-16-8-4-3-5-9-16)14-19(23)20-21-17-10-6-7-11-18(17)22(20)2/h3-11,15H,12-14H2,1-2H3/t15-/m1/s1. The Morgan fingerprint density at radius 3 is 2.52 bits per heavy atom. The lowest BCUT2D eigenvalue weighted by molar-refractivity contribution is 0.0950. The summed E-state index contributed by atoms with van der Waals surface area (Å²) in [7, 11) is 1.91. The van der Waals surface area contributed by atoms with Gasteiger partial charge >= 0.3 is 0 Å². The van der Waals surface area contributed by atoms with Crippen molar-refractivity contribution in [2.45, 2.75) is 26.2 Å². The molecule has 118 valence electrons. The molecule has 23 heavy (non-hydrogen) atoms. The molecule has 0 saturated heterocycles. The molecule has 3 nitrogen and oxygen atoms in total. The summed E-state index contributed by atoms with van der Waals surface area (Å²) in [6, 6.07) is 18.3. The van der Waals surface area contributed by atoms with E-state index in [2.05, 4.69) is 36.2 Å². The summed E-state index contributed by atoms with van der Waals surface area (Å²) in [5.74, 6) is 1.05. The largest absolute Gasteiger partial charge is 0.325 e. The van der Waals surface area contributed by atoms with E-state index in [4.69, 9.17) is 0 Å². The molecule has 0 N–H and O–H groups in total. The molecule has 3 rings (SSSR count). The minimum absolute atomic E-state index is 0.129. The van der Waals surface area contributed by atoms with Gasteiger partial charge in [-0.15, -0.1) is 0 Å². The van der Waals surface area contributed by atoms with E-state index in [-0.39, 0.29) is 5.78 Å². The van der Waals surface area contributed by atoms with Gasteiger partial charge in [0.2, 0.25) is 0 Å². The molecule has 0 radical (unpaired) electrons. The molecule has 3 heteroatoms. The Morgan fingerprint density at radius 2 is 1.78 bits per heavy atom. The van der Waals surface area contributed by atoms with Crippen molar-refractivity contribution in [3.05, 3.63) is 66.0 Å². The number of hydrogen-bond acceptors (Lipinski definition) is 2. The quantitative estimate of drug-likeness (QED) is 0.632. The number of aromatic nitrogens is 2. The van der Waals surface area contributed by atoms with Crippen LogP contribution in [-0.2, 0) is 13.5 Å². The maximum atomic E-state index is 12.6. The second kappa shape index (κ2) is 6.78. The smallest absolute Gasteiger partial charge is 0.198 e. The number of benzene rings is 2. The van der Waals surface area contributed by atoms with Crippen molar-refractivity contribution in [3.63, 3.8) is 0 Å². The maximum absolute atomic E-state index is 12.6. The second-order valence-corrected chi connectivity index (χ2v) is 6.24. The molecule has 1 atom stereocenters. The van der Waals surface area contributed by atoms with Gasteiger partial charge in [-0.05, 0) is 36.5 Å². The summed E-state index contributed by atoms with van der Waals surface area (Å²) in [6.45, 7) is 2.14. The van der Waals surface area contributed by atoms with Crippen LogP contribution < -0.4 is 0 Å². The number of carbonyl (C=O) groups excluding carboxylic acids is 1. The number of ketones is 1. The van der Waals surface area contributed by atoms with Gasteiger partial charge in [0.25, 0.3) is 0 Å². The first-order valence-electron chi connectivity index (χ1n) is 8.13. The van der Waals surface area contributed by atoms with Gasteiger partial charge in [-0.2, -0.15) is 0 Å². The highest BCUT2D eigenvalue weighted by atomic mass is 16.1. The van der Waals surface area contributed by atoms with Crippen molar-refractivity contribution in [1.82, 2.24) is 9.55 Å². The van der Waals surface area contributed by atoms with E-state index >= 15 is 0 Å². The molecular formula is C20H22N2O. The summed E-state index contributed by atoms with van der Waals surface area (Å²) < 4.78 is 1.90. The zero-order valence-corrected chi connectivity index (χ0v) is 13.7. The van der Waals surface area contributed by atoms with Gasteiger partial charge in [0.05, 0.1) is 11.0 Å². The van der Waals surface area contributed by atoms with Gasteiger partial charge in [-0.25, -0.2) is 4.98 Å². The Balaban J connectivity index is 1.64. The number of nitrogens with zero attached hydrogens (tertiary/aromatic N) is 2.